The van der Waals surface area contributed by atoms with Crippen molar-refractivity contribution in [1.82, 2.24) is 15.5 Å². The van der Waals surface area contributed by atoms with Crippen LogP contribution in [0.25, 0.3) is 0 Å². The van der Waals surface area contributed by atoms with Crippen LogP contribution in [0.15, 0.2) is 29.3 Å². The van der Waals surface area contributed by atoms with E-state index in [1.54, 1.807) is 7.05 Å². The van der Waals surface area contributed by atoms with E-state index in [-0.39, 0.29) is 11.8 Å². The summed E-state index contributed by atoms with van der Waals surface area (Å²) in [7, 11) is 1.80. The topological polar surface area (TPSA) is 68.8 Å². The molecule has 1 saturated heterocycles. The van der Waals surface area contributed by atoms with Gasteiger partial charge >= 0.3 is 0 Å². The van der Waals surface area contributed by atoms with Gasteiger partial charge in [0, 0.05) is 31.7 Å². The second-order valence-electron chi connectivity index (χ2n) is 8.23. The normalized spacial score (nSPS) is 17.0. The lowest BCUT2D eigenvalue weighted by Gasteiger charge is -2.30. The lowest BCUT2D eigenvalue weighted by molar-refractivity contribution is -0.119. The van der Waals surface area contributed by atoms with E-state index >= 15 is 0 Å². The van der Waals surface area contributed by atoms with Gasteiger partial charge in [-0.1, -0.05) is 32.9 Å². The van der Waals surface area contributed by atoms with Gasteiger partial charge < -0.3 is 20.9 Å². The summed E-state index contributed by atoms with van der Waals surface area (Å²) in [6, 6.07) is 7.96. The van der Waals surface area contributed by atoms with Crippen LogP contribution in [0.1, 0.15) is 52.0 Å². The Morgan fingerprint density at radius 2 is 2.03 bits per heavy atom. The fraction of sp³-hybridized carbons (Fsp3) is 0.652. The summed E-state index contributed by atoms with van der Waals surface area (Å²) in [6.07, 6.45) is 4.61. The lowest BCUT2D eigenvalue weighted by Crippen LogP contribution is -2.39. The minimum absolute atomic E-state index is 0.0214. The molecule has 1 aromatic carbocycles. The molecule has 0 aliphatic carbocycles. The molecule has 1 aliphatic rings. The number of guanidine groups is 1. The first kappa shape index (κ1) is 23.2. The van der Waals surface area contributed by atoms with E-state index in [1.165, 1.54) is 25.9 Å². The van der Waals surface area contributed by atoms with Crippen molar-refractivity contribution >= 4 is 17.6 Å². The molecule has 0 aromatic heterocycles. The molecule has 6 nitrogen and oxygen atoms in total. The number of carbonyl (C=O) groups is 1. The van der Waals surface area contributed by atoms with E-state index in [9.17, 15) is 4.79 Å². The van der Waals surface area contributed by atoms with Crippen molar-refractivity contribution in [1.29, 1.82) is 0 Å². The molecule has 1 heterocycles. The Hall–Kier alpha value is -2.08. The fourth-order valence-electron chi connectivity index (χ4n) is 3.41. The Balaban J connectivity index is 1.70. The number of anilines is 1. The highest BCUT2D eigenvalue weighted by molar-refractivity contribution is 5.92. The fourth-order valence-corrected chi connectivity index (χ4v) is 3.41. The second kappa shape index (κ2) is 12.5. The molecule has 0 spiro atoms. The third-order valence-electron chi connectivity index (χ3n) is 5.76. The van der Waals surface area contributed by atoms with Gasteiger partial charge in [0.05, 0.1) is 0 Å². The molecule has 1 atom stereocenters. The van der Waals surface area contributed by atoms with Crippen LogP contribution in [0.2, 0.25) is 0 Å². The number of aliphatic imine (C=N–C) groups is 1. The predicted molar refractivity (Wildman–Crippen MR) is 122 cm³/mol. The molecule has 1 fully saturated rings. The monoisotopic (exact) mass is 401 g/mol. The lowest BCUT2D eigenvalue weighted by atomic mass is 9.99. The average molecular weight is 402 g/mol. The maximum atomic E-state index is 12.1. The van der Waals surface area contributed by atoms with E-state index in [1.807, 2.05) is 32.0 Å². The van der Waals surface area contributed by atoms with Crippen LogP contribution in [-0.2, 0) is 11.3 Å². The molecule has 6 heteroatoms. The number of nitrogens with zero attached hydrogens (tertiary/aromatic N) is 2. The average Bonchev–Trinajstić information content (AvgIpc) is 2.74. The predicted octanol–water partition coefficient (Wildman–Crippen LogP) is 3.46. The molecule has 3 N–H and O–H groups in total. The minimum atomic E-state index is 0.0214. The highest BCUT2D eigenvalue weighted by atomic mass is 16.1. The molecule has 0 saturated carbocycles. The smallest absolute Gasteiger partial charge is 0.227 e. The SMILES string of the molecule is CCC(C)C(=O)Nc1cccc(CNC(=NC)NCCCN2CCC(C)CC2)c1. The Kier molecular flexibility index (Phi) is 9.98. The van der Waals surface area contributed by atoms with E-state index in [0.29, 0.717) is 6.54 Å². The van der Waals surface area contributed by atoms with Crippen LogP contribution >= 0.6 is 0 Å². The van der Waals surface area contributed by atoms with Crippen LogP contribution in [0, 0.1) is 11.8 Å². The molecule has 2 rings (SSSR count). The summed E-state index contributed by atoms with van der Waals surface area (Å²) in [5.41, 5.74) is 1.95. The van der Waals surface area contributed by atoms with E-state index in [0.717, 1.165) is 49.1 Å². The number of likely N-dealkylation sites (tertiary alicyclic amines) is 1. The first-order valence-electron chi connectivity index (χ1n) is 11.1. The molecule has 162 valence electrons. The number of nitrogens with one attached hydrogen (secondary N) is 3. The van der Waals surface area contributed by atoms with Gasteiger partial charge in [0.25, 0.3) is 0 Å². The quantitative estimate of drug-likeness (QED) is 0.337. The zero-order valence-corrected chi connectivity index (χ0v) is 18.6. The molecule has 1 amide bonds. The number of benzene rings is 1. The number of hydrogen-bond donors (Lipinski definition) is 3. The molecule has 0 bridgehead atoms. The zero-order valence-electron chi connectivity index (χ0n) is 18.6. The molecule has 1 aromatic rings. The number of rotatable bonds is 9. The van der Waals surface area contributed by atoms with Crippen LogP contribution in [0.5, 0.6) is 0 Å². The van der Waals surface area contributed by atoms with Crippen LogP contribution in [-0.4, -0.2) is 50.0 Å². The largest absolute Gasteiger partial charge is 0.356 e. The highest BCUT2D eigenvalue weighted by Gasteiger charge is 2.14. The third-order valence-corrected chi connectivity index (χ3v) is 5.76. The van der Waals surface area contributed by atoms with Gasteiger partial charge in [0.1, 0.15) is 0 Å². The van der Waals surface area contributed by atoms with Crippen LogP contribution in [0.4, 0.5) is 5.69 Å². The zero-order chi connectivity index (χ0) is 21.1. The van der Waals surface area contributed by atoms with E-state index < -0.39 is 0 Å². The molecular formula is C23H39N5O. The van der Waals surface area contributed by atoms with Gasteiger partial charge in [-0.25, -0.2) is 0 Å². The number of carbonyl (C=O) groups excluding carboxylic acids is 1. The molecule has 1 unspecified atom stereocenters. The summed E-state index contributed by atoms with van der Waals surface area (Å²) < 4.78 is 0. The Labute approximate surface area is 176 Å². The maximum absolute atomic E-state index is 12.1. The Morgan fingerprint density at radius 1 is 1.28 bits per heavy atom. The van der Waals surface area contributed by atoms with Gasteiger partial charge in [0.15, 0.2) is 5.96 Å². The van der Waals surface area contributed by atoms with Crippen molar-refractivity contribution < 1.29 is 4.79 Å². The van der Waals surface area contributed by atoms with Gasteiger partial charge in [-0.2, -0.15) is 0 Å². The minimum Gasteiger partial charge on any atom is -0.356 e. The summed E-state index contributed by atoms with van der Waals surface area (Å²) >= 11 is 0. The van der Waals surface area contributed by atoms with Crippen molar-refractivity contribution in [2.24, 2.45) is 16.8 Å². The van der Waals surface area contributed by atoms with E-state index in [4.69, 9.17) is 0 Å². The number of hydrogen-bond acceptors (Lipinski definition) is 3. The molecule has 1 aliphatic heterocycles. The van der Waals surface area contributed by atoms with Crippen molar-refractivity contribution in [3.63, 3.8) is 0 Å². The van der Waals surface area contributed by atoms with Gasteiger partial charge in [-0.05, 0) is 68.9 Å². The van der Waals surface area contributed by atoms with Crippen molar-refractivity contribution in [2.45, 2.75) is 53.0 Å². The Morgan fingerprint density at radius 3 is 2.72 bits per heavy atom. The highest BCUT2D eigenvalue weighted by Crippen LogP contribution is 2.16. The van der Waals surface area contributed by atoms with Gasteiger partial charge in [-0.15, -0.1) is 0 Å². The summed E-state index contributed by atoms with van der Waals surface area (Å²) in [6.45, 7) is 11.5. The van der Waals surface area contributed by atoms with Crippen molar-refractivity contribution in [3.05, 3.63) is 29.8 Å². The van der Waals surface area contributed by atoms with Gasteiger partial charge in [-0.3, -0.25) is 9.79 Å². The molecule has 29 heavy (non-hydrogen) atoms. The standard InChI is InChI=1S/C23H39N5O/c1-5-19(3)22(29)27-21-9-6-8-20(16-21)17-26-23(24-4)25-12-7-13-28-14-10-18(2)11-15-28/h6,8-9,16,18-19H,5,7,10-15,17H2,1-4H3,(H,27,29)(H2,24,25,26). The third kappa shape index (κ3) is 8.44. The van der Waals surface area contributed by atoms with Crippen molar-refractivity contribution in [3.8, 4) is 0 Å². The first-order chi connectivity index (χ1) is 14.0. The van der Waals surface area contributed by atoms with Crippen LogP contribution < -0.4 is 16.0 Å². The number of amides is 1. The maximum Gasteiger partial charge on any atom is 0.227 e. The second-order valence-corrected chi connectivity index (χ2v) is 8.23. The van der Waals surface area contributed by atoms with Crippen LogP contribution in [0.3, 0.4) is 0 Å². The molecular weight excluding hydrogens is 362 g/mol. The summed E-state index contributed by atoms with van der Waals surface area (Å²) in [4.78, 5) is 19.0. The van der Waals surface area contributed by atoms with E-state index in [2.05, 4.69) is 38.8 Å². The summed E-state index contributed by atoms with van der Waals surface area (Å²) in [5, 5.41) is 9.75. The Bertz CT molecular complexity index is 652. The number of piperidine rings is 1. The first-order valence-corrected chi connectivity index (χ1v) is 11.1. The van der Waals surface area contributed by atoms with Gasteiger partial charge in [0.2, 0.25) is 5.91 Å². The van der Waals surface area contributed by atoms with Crippen molar-refractivity contribution in [2.75, 3.05) is 38.5 Å². The molecule has 0 radical (unpaired) electrons. The summed E-state index contributed by atoms with van der Waals surface area (Å²) in [5.74, 6) is 1.78.